The average molecular weight is 159 g/mol. The molecule has 0 rings (SSSR count). The highest BCUT2D eigenvalue weighted by Gasteiger charge is 2.05. The molecule has 0 heterocycles. The van der Waals surface area contributed by atoms with Crippen LogP contribution in [0.3, 0.4) is 0 Å². The van der Waals surface area contributed by atoms with Gasteiger partial charge in [0.05, 0.1) is 0 Å². The lowest BCUT2D eigenvalue weighted by molar-refractivity contribution is -0.115. The number of nitrogens with one attached hydrogen (secondary N) is 1. The van der Waals surface area contributed by atoms with E-state index in [2.05, 4.69) is 5.32 Å². The molecule has 0 saturated carbocycles. The topological polar surface area (TPSA) is 133 Å². The molecule has 11 heavy (non-hydrogen) atoms. The van der Waals surface area contributed by atoms with Crippen molar-refractivity contribution in [2.45, 2.75) is 0 Å². The molecule has 0 aliphatic heterocycles. The summed E-state index contributed by atoms with van der Waals surface area (Å²) < 4.78 is 0. The summed E-state index contributed by atoms with van der Waals surface area (Å²) in [6.45, 7) is 0.792. The third-order valence-corrected chi connectivity index (χ3v) is 0.981. The van der Waals surface area contributed by atoms with Gasteiger partial charge >= 0.3 is 0 Å². The highest BCUT2D eigenvalue weighted by molar-refractivity contribution is 5.91. The standard InChI is InChI=1S/C5H13N5O/c6-1-2-10-3(4(7)8)5(9)11/h10H,1-2,6-8H2,(H2,9,11). The number of rotatable bonds is 4. The molecule has 0 aromatic carbocycles. The maximum absolute atomic E-state index is 10.5. The second-order valence-corrected chi connectivity index (χ2v) is 1.91. The van der Waals surface area contributed by atoms with Crippen molar-refractivity contribution in [1.82, 2.24) is 5.32 Å². The van der Waals surface area contributed by atoms with Gasteiger partial charge in [0, 0.05) is 13.1 Å². The van der Waals surface area contributed by atoms with Gasteiger partial charge in [-0.2, -0.15) is 0 Å². The lowest BCUT2D eigenvalue weighted by Gasteiger charge is -2.06. The fourth-order valence-corrected chi connectivity index (χ4v) is 0.529. The van der Waals surface area contributed by atoms with Gasteiger partial charge < -0.3 is 28.3 Å². The van der Waals surface area contributed by atoms with Gasteiger partial charge in [-0.1, -0.05) is 0 Å². The minimum Gasteiger partial charge on any atom is -0.384 e. The van der Waals surface area contributed by atoms with Crippen LogP contribution in [0.25, 0.3) is 0 Å². The zero-order chi connectivity index (χ0) is 8.85. The van der Waals surface area contributed by atoms with Crippen molar-refractivity contribution in [2.75, 3.05) is 13.1 Å². The SMILES string of the molecule is NCCNC(C(N)=O)=C(N)N. The van der Waals surface area contributed by atoms with E-state index in [1.54, 1.807) is 0 Å². The van der Waals surface area contributed by atoms with Crippen LogP contribution < -0.4 is 28.3 Å². The Kier molecular flexibility index (Phi) is 3.82. The molecule has 1 amide bonds. The molecule has 0 spiro atoms. The van der Waals surface area contributed by atoms with E-state index in [-0.39, 0.29) is 11.5 Å². The number of hydrogen-bond acceptors (Lipinski definition) is 5. The first-order valence-corrected chi connectivity index (χ1v) is 3.08. The second kappa shape index (κ2) is 4.40. The zero-order valence-electron chi connectivity index (χ0n) is 6.13. The minimum atomic E-state index is -0.682. The van der Waals surface area contributed by atoms with Gasteiger partial charge in [-0.3, -0.25) is 4.79 Å². The van der Waals surface area contributed by atoms with Gasteiger partial charge in [0.15, 0.2) is 0 Å². The molecular formula is C5H13N5O. The quantitative estimate of drug-likeness (QED) is 0.281. The normalized spacial score (nSPS) is 8.82. The molecule has 9 N–H and O–H groups in total. The molecule has 6 nitrogen and oxygen atoms in total. The van der Waals surface area contributed by atoms with Gasteiger partial charge in [0.2, 0.25) is 0 Å². The van der Waals surface area contributed by atoms with Crippen molar-refractivity contribution in [2.24, 2.45) is 22.9 Å². The van der Waals surface area contributed by atoms with Gasteiger partial charge in [0.1, 0.15) is 11.5 Å². The van der Waals surface area contributed by atoms with E-state index in [9.17, 15) is 4.79 Å². The van der Waals surface area contributed by atoms with Crippen LogP contribution >= 0.6 is 0 Å². The zero-order valence-corrected chi connectivity index (χ0v) is 6.13. The van der Waals surface area contributed by atoms with Crippen LogP contribution in [-0.4, -0.2) is 19.0 Å². The summed E-state index contributed by atoms with van der Waals surface area (Å²) in [6, 6.07) is 0. The Morgan fingerprint density at radius 3 is 2.09 bits per heavy atom. The fraction of sp³-hybridized carbons (Fsp3) is 0.400. The summed E-state index contributed by atoms with van der Waals surface area (Å²) in [7, 11) is 0. The Hall–Kier alpha value is -1.43. The van der Waals surface area contributed by atoms with Gasteiger partial charge in [-0.15, -0.1) is 0 Å². The molecule has 0 fully saturated rings. The lowest BCUT2D eigenvalue weighted by atomic mass is 10.4. The number of carbonyl (C=O) groups excluding carboxylic acids is 1. The van der Waals surface area contributed by atoms with Crippen LogP contribution in [0, 0.1) is 0 Å². The fourth-order valence-electron chi connectivity index (χ4n) is 0.529. The molecule has 0 aliphatic rings. The Morgan fingerprint density at radius 2 is 1.82 bits per heavy atom. The van der Waals surface area contributed by atoms with E-state index in [4.69, 9.17) is 22.9 Å². The van der Waals surface area contributed by atoms with Gasteiger partial charge in [0.25, 0.3) is 5.91 Å². The monoisotopic (exact) mass is 159 g/mol. The van der Waals surface area contributed by atoms with Gasteiger partial charge in [-0.05, 0) is 0 Å². The number of primary amides is 1. The van der Waals surface area contributed by atoms with Crippen molar-refractivity contribution in [1.29, 1.82) is 0 Å². The number of carbonyl (C=O) groups is 1. The van der Waals surface area contributed by atoms with Crippen LogP contribution in [0.2, 0.25) is 0 Å². The molecule has 0 aromatic heterocycles. The summed E-state index contributed by atoms with van der Waals surface area (Å²) in [6.07, 6.45) is 0. The number of hydrogen-bond donors (Lipinski definition) is 5. The third-order valence-electron chi connectivity index (χ3n) is 0.981. The first-order chi connectivity index (χ1) is 5.09. The number of amides is 1. The molecule has 0 atom stereocenters. The maximum Gasteiger partial charge on any atom is 0.268 e. The van der Waals surface area contributed by atoms with Gasteiger partial charge in [-0.25, -0.2) is 0 Å². The van der Waals surface area contributed by atoms with Crippen molar-refractivity contribution in [3.8, 4) is 0 Å². The summed E-state index contributed by atoms with van der Waals surface area (Å²) in [5, 5.41) is 2.60. The van der Waals surface area contributed by atoms with Crippen molar-refractivity contribution < 1.29 is 4.79 Å². The molecular weight excluding hydrogens is 146 g/mol. The summed E-state index contributed by atoms with van der Waals surface area (Å²) in [4.78, 5) is 10.5. The maximum atomic E-state index is 10.5. The average Bonchev–Trinajstić information content (AvgIpc) is 1.87. The van der Waals surface area contributed by atoms with E-state index >= 15 is 0 Å². The highest BCUT2D eigenvalue weighted by atomic mass is 16.1. The van der Waals surface area contributed by atoms with Crippen molar-refractivity contribution >= 4 is 5.91 Å². The predicted octanol–water partition coefficient (Wildman–Crippen LogP) is -2.89. The lowest BCUT2D eigenvalue weighted by Crippen LogP contribution is -2.34. The Bertz CT molecular complexity index is 172. The number of nitrogens with two attached hydrogens (primary N) is 4. The molecule has 0 saturated heterocycles. The van der Waals surface area contributed by atoms with E-state index in [0.717, 1.165) is 0 Å². The van der Waals surface area contributed by atoms with E-state index in [1.165, 1.54) is 0 Å². The Labute approximate surface area is 64.6 Å². The largest absolute Gasteiger partial charge is 0.384 e. The van der Waals surface area contributed by atoms with Crippen molar-refractivity contribution in [3.63, 3.8) is 0 Å². The first-order valence-electron chi connectivity index (χ1n) is 3.08. The summed E-state index contributed by atoms with van der Waals surface area (Å²) in [5.74, 6) is -0.801. The molecule has 6 heteroatoms. The predicted molar refractivity (Wildman–Crippen MR) is 41.7 cm³/mol. The second-order valence-electron chi connectivity index (χ2n) is 1.91. The summed E-state index contributed by atoms with van der Waals surface area (Å²) >= 11 is 0. The molecule has 0 bridgehead atoms. The van der Waals surface area contributed by atoms with E-state index in [1.807, 2.05) is 0 Å². The Morgan fingerprint density at radius 1 is 1.27 bits per heavy atom. The van der Waals surface area contributed by atoms with Crippen LogP contribution in [0.5, 0.6) is 0 Å². The van der Waals surface area contributed by atoms with Crippen LogP contribution in [0.1, 0.15) is 0 Å². The third kappa shape index (κ3) is 3.31. The molecule has 64 valence electrons. The van der Waals surface area contributed by atoms with Crippen molar-refractivity contribution in [3.05, 3.63) is 11.5 Å². The van der Waals surface area contributed by atoms with E-state index in [0.29, 0.717) is 13.1 Å². The molecule has 0 unspecified atom stereocenters. The summed E-state index contributed by atoms with van der Waals surface area (Å²) in [5.41, 5.74) is 20.4. The smallest absolute Gasteiger partial charge is 0.268 e. The van der Waals surface area contributed by atoms with E-state index < -0.39 is 5.91 Å². The van der Waals surface area contributed by atoms with Crippen LogP contribution in [0.15, 0.2) is 11.5 Å². The molecule has 0 aromatic rings. The Balaban J connectivity index is 4.14. The highest BCUT2D eigenvalue weighted by Crippen LogP contribution is 1.85. The first kappa shape index (κ1) is 9.57. The molecule has 0 radical (unpaired) electrons. The van der Waals surface area contributed by atoms with Crippen LogP contribution in [-0.2, 0) is 4.79 Å². The minimum absolute atomic E-state index is 0.0236. The molecule has 0 aliphatic carbocycles. The van der Waals surface area contributed by atoms with Crippen LogP contribution in [0.4, 0.5) is 0 Å².